The first-order valence-electron chi connectivity index (χ1n) is 7.93. The van der Waals surface area contributed by atoms with Crippen molar-refractivity contribution in [1.29, 1.82) is 0 Å². The first kappa shape index (κ1) is 14.2. The molecular weight excluding hydrogens is 258 g/mol. The molecule has 1 aliphatic carbocycles. The van der Waals surface area contributed by atoms with Crippen LogP contribution < -0.4 is 5.73 Å². The standard InChI is InChI=1S/C18H25N3/c1-4-18(2,3)13-8-9-16-15(11-13)17(21-20-16)12-6-5-7-14(19)10-12/h5-7,10,13H,4,8-9,11,19H2,1-3H3,(H,20,21). The highest BCUT2D eigenvalue weighted by Crippen LogP contribution is 2.41. The summed E-state index contributed by atoms with van der Waals surface area (Å²) in [6.45, 7) is 7.08. The molecule has 0 radical (unpaired) electrons. The number of nitrogens with two attached hydrogens (primary N) is 1. The molecule has 1 unspecified atom stereocenters. The summed E-state index contributed by atoms with van der Waals surface area (Å²) in [7, 11) is 0. The van der Waals surface area contributed by atoms with Crippen molar-refractivity contribution < 1.29 is 0 Å². The topological polar surface area (TPSA) is 54.7 Å². The van der Waals surface area contributed by atoms with Crippen molar-refractivity contribution in [3.8, 4) is 11.3 Å². The van der Waals surface area contributed by atoms with Crippen LogP contribution >= 0.6 is 0 Å². The molecule has 3 heteroatoms. The van der Waals surface area contributed by atoms with Crippen molar-refractivity contribution in [3.05, 3.63) is 35.5 Å². The highest BCUT2D eigenvalue weighted by atomic mass is 15.1. The number of aromatic amines is 1. The molecule has 21 heavy (non-hydrogen) atoms. The summed E-state index contributed by atoms with van der Waals surface area (Å²) < 4.78 is 0. The lowest BCUT2D eigenvalue weighted by molar-refractivity contribution is 0.182. The summed E-state index contributed by atoms with van der Waals surface area (Å²) in [5, 5.41) is 7.81. The number of fused-ring (bicyclic) bond motifs is 1. The summed E-state index contributed by atoms with van der Waals surface area (Å²) in [4.78, 5) is 0. The number of nitrogens with zero attached hydrogens (tertiary/aromatic N) is 1. The number of aromatic nitrogens is 2. The molecule has 1 aliphatic rings. The van der Waals surface area contributed by atoms with Gasteiger partial charge in [0.15, 0.2) is 0 Å². The van der Waals surface area contributed by atoms with Gasteiger partial charge in [0.25, 0.3) is 0 Å². The average molecular weight is 283 g/mol. The molecule has 112 valence electrons. The van der Waals surface area contributed by atoms with Crippen molar-refractivity contribution in [2.75, 3.05) is 5.73 Å². The van der Waals surface area contributed by atoms with E-state index in [0.29, 0.717) is 5.41 Å². The first-order valence-corrected chi connectivity index (χ1v) is 7.93. The lowest BCUT2D eigenvalue weighted by Crippen LogP contribution is -2.28. The fourth-order valence-electron chi connectivity index (χ4n) is 3.38. The van der Waals surface area contributed by atoms with Crippen LogP contribution in [-0.2, 0) is 12.8 Å². The van der Waals surface area contributed by atoms with E-state index in [-0.39, 0.29) is 0 Å². The number of H-pyrrole nitrogens is 1. The number of hydrogen-bond acceptors (Lipinski definition) is 2. The Labute approximate surface area is 127 Å². The molecule has 0 aliphatic heterocycles. The van der Waals surface area contributed by atoms with E-state index in [1.165, 1.54) is 24.1 Å². The Hall–Kier alpha value is -1.77. The third-order valence-electron chi connectivity index (χ3n) is 5.32. The van der Waals surface area contributed by atoms with Gasteiger partial charge in [-0.1, -0.05) is 39.3 Å². The monoisotopic (exact) mass is 283 g/mol. The molecule has 2 aromatic rings. The van der Waals surface area contributed by atoms with Crippen LogP contribution in [0, 0.1) is 11.3 Å². The van der Waals surface area contributed by atoms with E-state index in [1.54, 1.807) is 0 Å². The number of nitrogens with one attached hydrogen (secondary N) is 1. The van der Waals surface area contributed by atoms with E-state index in [4.69, 9.17) is 5.73 Å². The van der Waals surface area contributed by atoms with E-state index < -0.39 is 0 Å². The van der Waals surface area contributed by atoms with Gasteiger partial charge in [-0.05, 0) is 42.7 Å². The maximum atomic E-state index is 5.92. The molecule has 0 bridgehead atoms. The van der Waals surface area contributed by atoms with Gasteiger partial charge < -0.3 is 5.73 Å². The SMILES string of the molecule is CCC(C)(C)C1CCc2[nH]nc(-c3cccc(N)c3)c2C1. The van der Waals surface area contributed by atoms with Crippen molar-refractivity contribution >= 4 is 5.69 Å². The van der Waals surface area contributed by atoms with Gasteiger partial charge in [-0.2, -0.15) is 5.10 Å². The van der Waals surface area contributed by atoms with Crippen LogP contribution in [0.15, 0.2) is 24.3 Å². The summed E-state index contributed by atoms with van der Waals surface area (Å²) in [6.07, 6.45) is 4.71. The Morgan fingerprint density at radius 2 is 2.19 bits per heavy atom. The predicted octanol–water partition coefficient (Wildman–Crippen LogP) is 4.20. The van der Waals surface area contributed by atoms with Gasteiger partial charge in [0.1, 0.15) is 0 Å². The van der Waals surface area contributed by atoms with E-state index in [1.807, 2.05) is 18.2 Å². The third kappa shape index (κ3) is 2.57. The Morgan fingerprint density at radius 1 is 1.38 bits per heavy atom. The van der Waals surface area contributed by atoms with Crippen LogP contribution in [0.25, 0.3) is 11.3 Å². The van der Waals surface area contributed by atoms with Gasteiger partial charge >= 0.3 is 0 Å². The molecule has 1 aromatic heterocycles. The van der Waals surface area contributed by atoms with Gasteiger partial charge in [-0.3, -0.25) is 5.10 Å². The van der Waals surface area contributed by atoms with Crippen LogP contribution in [0.5, 0.6) is 0 Å². The molecule has 3 N–H and O–H groups in total. The second kappa shape index (κ2) is 5.21. The Kier molecular flexibility index (Phi) is 3.52. The van der Waals surface area contributed by atoms with E-state index in [0.717, 1.165) is 35.7 Å². The van der Waals surface area contributed by atoms with E-state index in [9.17, 15) is 0 Å². The quantitative estimate of drug-likeness (QED) is 0.829. The Morgan fingerprint density at radius 3 is 2.90 bits per heavy atom. The van der Waals surface area contributed by atoms with Crippen molar-refractivity contribution in [3.63, 3.8) is 0 Å². The highest BCUT2D eigenvalue weighted by Gasteiger charge is 2.33. The number of nitrogen functional groups attached to an aromatic ring is 1. The second-order valence-electron chi connectivity index (χ2n) is 6.94. The summed E-state index contributed by atoms with van der Waals surface area (Å²) in [5.41, 5.74) is 12.0. The number of benzene rings is 1. The minimum absolute atomic E-state index is 0.391. The zero-order chi connectivity index (χ0) is 15.0. The largest absolute Gasteiger partial charge is 0.399 e. The molecule has 0 saturated carbocycles. The van der Waals surface area contributed by atoms with E-state index >= 15 is 0 Å². The normalized spacial score (nSPS) is 18.5. The predicted molar refractivity (Wildman–Crippen MR) is 88.0 cm³/mol. The lowest BCUT2D eigenvalue weighted by Gasteiger charge is -2.36. The number of hydrogen-bond donors (Lipinski definition) is 2. The van der Waals surface area contributed by atoms with E-state index in [2.05, 4.69) is 37.0 Å². The average Bonchev–Trinajstić information content (AvgIpc) is 2.90. The molecule has 1 atom stereocenters. The lowest BCUT2D eigenvalue weighted by atomic mass is 9.69. The molecule has 1 aromatic carbocycles. The summed E-state index contributed by atoms with van der Waals surface area (Å²) in [6, 6.07) is 8.04. The van der Waals surface area contributed by atoms with Crippen molar-refractivity contribution in [2.45, 2.75) is 46.5 Å². The highest BCUT2D eigenvalue weighted by molar-refractivity contribution is 5.68. The summed E-state index contributed by atoms with van der Waals surface area (Å²) >= 11 is 0. The molecule has 0 fully saturated rings. The number of anilines is 1. The molecule has 3 rings (SSSR count). The summed E-state index contributed by atoms with van der Waals surface area (Å²) in [5.74, 6) is 0.729. The number of rotatable bonds is 3. The van der Waals surface area contributed by atoms with Crippen LogP contribution in [-0.4, -0.2) is 10.2 Å². The van der Waals surface area contributed by atoms with Gasteiger partial charge in [0, 0.05) is 22.5 Å². The van der Waals surface area contributed by atoms with Gasteiger partial charge in [0.05, 0.1) is 5.69 Å². The van der Waals surface area contributed by atoms with Crippen molar-refractivity contribution in [2.24, 2.45) is 11.3 Å². The maximum Gasteiger partial charge on any atom is 0.0956 e. The Balaban J connectivity index is 1.96. The fraction of sp³-hybridized carbons (Fsp3) is 0.500. The van der Waals surface area contributed by atoms with Crippen LogP contribution in [0.3, 0.4) is 0 Å². The van der Waals surface area contributed by atoms with Crippen LogP contribution in [0.4, 0.5) is 5.69 Å². The smallest absolute Gasteiger partial charge is 0.0956 e. The molecule has 3 nitrogen and oxygen atoms in total. The van der Waals surface area contributed by atoms with Gasteiger partial charge in [-0.25, -0.2) is 0 Å². The van der Waals surface area contributed by atoms with Crippen LogP contribution in [0.2, 0.25) is 0 Å². The molecular formula is C18H25N3. The zero-order valence-electron chi connectivity index (χ0n) is 13.2. The molecule has 1 heterocycles. The second-order valence-corrected chi connectivity index (χ2v) is 6.94. The molecule has 0 spiro atoms. The van der Waals surface area contributed by atoms with Crippen molar-refractivity contribution in [1.82, 2.24) is 10.2 Å². The van der Waals surface area contributed by atoms with Crippen LogP contribution in [0.1, 0.15) is 44.9 Å². The minimum Gasteiger partial charge on any atom is -0.399 e. The van der Waals surface area contributed by atoms with Gasteiger partial charge in [0.2, 0.25) is 0 Å². The van der Waals surface area contributed by atoms with Gasteiger partial charge in [-0.15, -0.1) is 0 Å². The fourth-order valence-corrected chi connectivity index (χ4v) is 3.38. The molecule has 0 amide bonds. The Bertz CT molecular complexity index is 640. The maximum absolute atomic E-state index is 5.92. The molecule has 0 saturated heterocycles. The first-order chi connectivity index (χ1) is 10.0. The number of aryl methyl sites for hydroxylation is 1. The third-order valence-corrected chi connectivity index (χ3v) is 5.32. The minimum atomic E-state index is 0.391. The zero-order valence-corrected chi connectivity index (χ0v) is 13.2.